The first-order valence-electron chi connectivity index (χ1n) is 5.81. The van der Waals surface area contributed by atoms with Crippen molar-refractivity contribution < 1.29 is 9.18 Å². The van der Waals surface area contributed by atoms with Gasteiger partial charge in [-0.1, -0.05) is 25.8 Å². The van der Waals surface area contributed by atoms with E-state index in [1.165, 1.54) is 12.1 Å². The molecule has 0 spiro atoms. The van der Waals surface area contributed by atoms with Gasteiger partial charge in [-0.3, -0.25) is 4.79 Å². The lowest BCUT2D eigenvalue weighted by molar-refractivity contribution is 0.0936. The number of hydrogen-bond acceptors (Lipinski definition) is 1. The molecular formula is C13H17BrFNO. The zero-order valence-electron chi connectivity index (χ0n) is 10.1. The van der Waals surface area contributed by atoms with Gasteiger partial charge in [0.15, 0.2) is 0 Å². The van der Waals surface area contributed by atoms with Crippen LogP contribution in [0.2, 0.25) is 0 Å². The van der Waals surface area contributed by atoms with Crippen LogP contribution < -0.4 is 5.32 Å². The fourth-order valence-electron chi connectivity index (χ4n) is 1.56. The zero-order valence-corrected chi connectivity index (χ0v) is 11.7. The van der Waals surface area contributed by atoms with E-state index in [9.17, 15) is 9.18 Å². The molecule has 0 saturated heterocycles. The molecule has 1 aromatic rings. The number of unbranched alkanes of at least 4 members (excludes halogenated alkanes) is 1. The second-order valence-electron chi connectivity index (χ2n) is 4.12. The van der Waals surface area contributed by atoms with Crippen LogP contribution in [0.5, 0.6) is 0 Å². The summed E-state index contributed by atoms with van der Waals surface area (Å²) < 4.78 is 13.5. The van der Waals surface area contributed by atoms with Crippen LogP contribution in [-0.4, -0.2) is 11.9 Å². The van der Waals surface area contributed by atoms with E-state index in [1.807, 2.05) is 6.92 Å². The average Bonchev–Trinajstić information content (AvgIpc) is 2.29. The number of amides is 1. The van der Waals surface area contributed by atoms with Crippen molar-refractivity contribution in [1.82, 2.24) is 5.32 Å². The van der Waals surface area contributed by atoms with Gasteiger partial charge in [0, 0.05) is 6.04 Å². The molecule has 17 heavy (non-hydrogen) atoms. The van der Waals surface area contributed by atoms with Gasteiger partial charge in [0.05, 0.1) is 10.0 Å². The van der Waals surface area contributed by atoms with Crippen molar-refractivity contribution in [2.45, 2.75) is 39.2 Å². The van der Waals surface area contributed by atoms with E-state index in [0.717, 1.165) is 19.3 Å². The van der Waals surface area contributed by atoms with E-state index in [-0.39, 0.29) is 16.4 Å². The average molecular weight is 302 g/mol. The molecule has 4 heteroatoms. The molecule has 94 valence electrons. The van der Waals surface area contributed by atoms with Gasteiger partial charge in [-0.15, -0.1) is 0 Å². The molecule has 0 bridgehead atoms. The Balaban J connectivity index is 2.67. The second-order valence-corrected chi connectivity index (χ2v) is 4.91. The minimum atomic E-state index is -0.418. The van der Waals surface area contributed by atoms with Crippen LogP contribution in [0.25, 0.3) is 0 Å². The number of benzene rings is 1. The van der Waals surface area contributed by atoms with Crippen LogP contribution >= 0.6 is 15.9 Å². The quantitative estimate of drug-likeness (QED) is 0.878. The first-order valence-corrected chi connectivity index (χ1v) is 6.60. The molecule has 0 fully saturated rings. The Labute approximate surface area is 110 Å². The summed E-state index contributed by atoms with van der Waals surface area (Å²) in [4.78, 5) is 11.9. The van der Waals surface area contributed by atoms with Crippen molar-refractivity contribution in [2.75, 3.05) is 0 Å². The summed E-state index contributed by atoms with van der Waals surface area (Å²) in [6.07, 6.45) is 3.12. The molecule has 2 nitrogen and oxygen atoms in total. The van der Waals surface area contributed by atoms with E-state index in [0.29, 0.717) is 5.56 Å². The highest BCUT2D eigenvalue weighted by Gasteiger charge is 2.14. The van der Waals surface area contributed by atoms with Crippen LogP contribution in [0.15, 0.2) is 22.7 Å². The van der Waals surface area contributed by atoms with Gasteiger partial charge in [0.2, 0.25) is 0 Å². The monoisotopic (exact) mass is 301 g/mol. The lowest BCUT2D eigenvalue weighted by Gasteiger charge is -2.14. The number of rotatable bonds is 5. The molecule has 0 aliphatic carbocycles. The third-order valence-electron chi connectivity index (χ3n) is 2.56. The summed E-state index contributed by atoms with van der Waals surface area (Å²) in [5.74, 6) is -0.654. The lowest BCUT2D eigenvalue weighted by atomic mass is 10.1. The molecule has 1 N–H and O–H groups in total. The van der Waals surface area contributed by atoms with E-state index < -0.39 is 5.82 Å². The maximum absolute atomic E-state index is 13.3. The van der Waals surface area contributed by atoms with Crippen LogP contribution in [-0.2, 0) is 0 Å². The molecular weight excluding hydrogens is 285 g/mol. The number of hydrogen-bond donors (Lipinski definition) is 1. The summed E-state index contributed by atoms with van der Waals surface area (Å²) in [6, 6.07) is 4.57. The van der Waals surface area contributed by atoms with Gasteiger partial charge in [0.1, 0.15) is 5.82 Å². The topological polar surface area (TPSA) is 29.1 Å². The molecule has 0 aliphatic rings. The highest BCUT2D eigenvalue weighted by Crippen LogP contribution is 2.20. The summed E-state index contributed by atoms with van der Waals surface area (Å²) in [5, 5.41) is 2.86. The van der Waals surface area contributed by atoms with Gasteiger partial charge in [-0.25, -0.2) is 4.39 Å². The van der Waals surface area contributed by atoms with Crippen LogP contribution in [0, 0.1) is 5.82 Å². The lowest BCUT2D eigenvalue weighted by Crippen LogP contribution is -2.32. The Hall–Kier alpha value is -0.900. The largest absolute Gasteiger partial charge is 0.350 e. The van der Waals surface area contributed by atoms with Gasteiger partial charge in [-0.2, -0.15) is 0 Å². The molecule has 1 rings (SSSR count). The maximum atomic E-state index is 13.3. The molecule has 0 aromatic heterocycles. The summed E-state index contributed by atoms with van der Waals surface area (Å²) in [7, 11) is 0. The molecule has 0 aliphatic heterocycles. The van der Waals surface area contributed by atoms with Gasteiger partial charge < -0.3 is 5.32 Å². The van der Waals surface area contributed by atoms with Crippen molar-refractivity contribution in [3.63, 3.8) is 0 Å². The van der Waals surface area contributed by atoms with Gasteiger partial charge in [0.25, 0.3) is 5.91 Å². The van der Waals surface area contributed by atoms with Crippen molar-refractivity contribution in [3.8, 4) is 0 Å². The fraction of sp³-hybridized carbons (Fsp3) is 0.462. The fourth-order valence-corrected chi connectivity index (χ4v) is 2.01. The van der Waals surface area contributed by atoms with E-state index >= 15 is 0 Å². The summed E-state index contributed by atoms with van der Waals surface area (Å²) in [6.45, 7) is 4.07. The first-order chi connectivity index (χ1) is 8.06. The van der Waals surface area contributed by atoms with Crippen molar-refractivity contribution in [1.29, 1.82) is 0 Å². The predicted octanol–water partition coefficient (Wildman–Crippen LogP) is 3.90. The van der Waals surface area contributed by atoms with Crippen LogP contribution in [0.3, 0.4) is 0 Å². The van der Waals surface area contributed by atoms with E-state index in [2.05, 4.69) is 28.2 Å². The normalized spacial score (nSPS) is 12.2. The minimum Gasteiger partial charge on any atom is -0.350 e. The molecule has 1 aromatic carbocycles. The molecule has 0 heterocycles. The molecule has 0 saturated carbocycles. The minimum absolute atomic E-state index is 0.109. The molecule has 1 amide bonds. The van der Waals surface area contributed by atoms with Gasteiger partial charge in [-0.05, 0) is 41.4 Å². The Morgan fingerprint density at radius 3 is 2.88 bits per heavy atom. The standard InChI is InChI=1S/C13H17BrFNO/c1-3-4-6-9(2)16-13(17)10-7-5-8-11(15)12(10)14/h5,7-9H,3-4,6H2,1-2H3,(H,16,17). The van der Waals surface area contributed by atoms with Crippen LogP contribution in [0.4, 0.5) is 4.39 Å². The highest BCUT2D eigenvalue weighted by atomic mass is 79.9. The third kappa shape index (κ3) is 4.11. The summed E-state index contributed by atoms with van der Waals surface area (Å²) in [5.41, 5.74) is 0.341. The van der Waals surface area contributed by atoms with Crippen molar-refractivity contribution in [3.05, 3.63) is 34.1 Å². The number of carbonyl (C=O) groups excluding carboxylic acids is 1. The Kier molecular flexibility index (Phi) is 5.62. The van der Waals surface area contributed by atoms with E-state index in [4.69, 9.17) is 0 Å². The molecule has 1 atom stereocenters. The molecule has 1 unspecified atom stereocenters. The Morgan fingerprint density at radius 2 is 2.24 bits per heavy atom. The number of nitrogens with one attached hydrogen (secondary N) is 1. The molecule has 0 radical (unpaired) electrons. The number of carbonyl (C=O) groups is 1. The van der Waals surface area contributed by atoms with Crippen LogP contribution in [0.1, 0.15) is 43.5 Å². The predicted molar refractivity (Wildman–Crippen MR) is 70.6 cm³/mol. The highest BCUT2D eigenvalue weighted by molar-refractivity contribution is 9.10. The van der Waals surface area contributed by atoms with E-state index in [1.54, 1.807) is 6.07 Å². The number of halogens is 2. The Morgan fingerprint density at radius 1 is 1.53 bits per heavy atom. The van der Waals surface area contributed by atoms with Gasteiger partial charge >= 0.3 is 0 Å². The second kappa shape index (κ2) is 6.74. The third-order valence-corrected chi connectivity index (χ3v) is 3.37. The van der Waals surface area contributed by atoms with Crippen molar-refractivity contribution >= 4 is 21.8 Å². The Bertz CT molecular complexity index is 395. The SMILES string of the molecule is CCCCC(C)NC(=O)c1cccc(F)c1Br. The smallest absolute Gasteiger partial charge is 0.252 e. The maximum Gasteiger partial charge on any atom is 0.252 e. The first kappa shape index (κ1) is 14.2. The summed E-state index contributed by atoms with van der Waals surface area (Å²) >= 11 is 3.09. The van der Waals surface area contributed by atoms with Crippen molar-refractivity contribution in [2.24, 2.45) is 0 Å². The zero-order chi connectivity index (χ0) is 12.8.